The lowest BCUT2D eigenvalue weighted by Crippen LogP contribution is -2.40. The summed E-state index contributed by atoms with van der Waals surface area (Å²) in [4.78, 5) is 11.0. The highest BCUT2D eigenvalue weighted by Gasteiger charge is 2.47. The summed E-state index contributed by atoms with van der Waals surface area (Å²) in [6.07, 6.45) is -1.56. The van der Waals surface area contributed by atoms with E-state index in [4.69, 9.17) is 14.2 Å². The van der Waals surface area contributed by atoms with Gasteiger partial charge >= 0.3 is 6.16 Å². The van der Waals surface area contributed by atoms with E-state index >= 15 is 0 Å². The van der Waals surface area contributed by atoms with Crippen molar-refractivity contribution >= 4 is 14.2 Å². The molecule has 1 aliphatic heterocycles. The topological polar surface area (TPSA) is 44.8 Å². The van der Waals surface area contributed by atoms with E-state index < -0.39 is 44.0 Å². The number of carbonyl (C=O) groups excluding carboxylic acids is 1. The van der Waals surface area contributed by atoms with Gasteiger partial charge in [0.25, 0.3) is 5.79 Å². The van der Waals surface area contributed by atoms with Crippen LogP contribution in [0.25, 0.3) is 0 Å². The molecule has 0 N–H and O–H groups in total. The molecule has 1 fully saturated rings. The van der Waals surface area contributed by atoms with E-state index in [2.05, 4.69) is 0 Å². The second-order valence-electron chi connectivity index (χ2n) is 7.01. The number of hydrogen-bond donors (Lipinski definition) is 0. The van der Waals surface area contributed by atoms with Gasteiger partial charge in [0.15, 0.2) is 11.9 Å². The molecular weight excluding hydrogens is 298 g/mol. The highest BCUT2D eigenvalue weighted by molar-refractivity contribution is 6.86. The number of halogens is 2. The SMILES string of the molecule is CC1OC(=O)OC1(C)OC/C(F)=C(\F)[Si](C)(C)C(C)(C)C. The van der Waals surface area contributed by atoms with E-state index in [1.807, 2.05) is 20.8 Å². The second-order valence-corrected chi connectivity index (χ2v) is 12.2. The molecule has 0 aromatic rings. The number of ether oxygens (including phenoxy) is 3. The molecule has 2 unspecified atom stereocenters. The number of cyclic esters (lactones) is 2. The minimum Gasteiger partial charge on any atom is -0.424 e. The number of hydrogen-bond acceptors (Lipinski definition) is 4. The van der Waals surface area contributed by atoms with E-state index in [-0.39, 0.29) is 5.04 Å². The molecule has 0 spiro atoms. The minimum atomic E-state index is -2.58. The molecule has 0 aromatic carbocycles. The van der Waals surface area contributed by atoms with Gasteiger partial charge in [-0.25, -0.2) is 13.6 Å². The molecule has 1 heterocycles. The van der Waals surface area contributed by atoms with Gasteiger partial charge in [-0.05, 0) is 12.0 Å². The first-order chi connectivity index (χ1) is 9.31. The summed E-state index contributed by atoms with van der Waals surface area (Å²) in [6, 6.07) is 0. The van der Waals surface area contributed by atoms with Crippen molar-refractivity contribution in [1.82, 2.24) is 0 Å². The zero-order chi connectivity index (χ0) is 16.6. The summed E-state index contributed by atoms with van der Waals surface area (Å²) in [5, 5.41) is -0.325. The average molecular weight is 322 g/mol. The fourth-order valence-corrected chi connectivity index (χ4v) is 3.02. The van der Waals surface area contributed by atoms with Crippen LogP contribution < -0.4 is 0 Å². The van der Waals surface area contributed by atoms with Crippen LogP contribution in [0.4, 0.5) is 13.6 Å². The zero-order valence-electron chi connectivity index (χ0n) is 13.7. The quantitative estimate of drug-likeness (QED) is 0.566. The van der Waals surface area contributed by atoms with Crippen molar-refractivity contribution in [3.05, 3.63) is 11.3 Å². The van der Waals surface area contributed by atoms with Crippen LogP contribution in [0.5, 0.6) is 0 Å². The van der Waals surface area contributed by atoms with Gasteiger partial charge in [-0.2, -0.15) is 0 Å². The first-order valence-corrected chi connectivity index (χ1v) is 9.89. The molecule has 0 aromatic heterocycles. The van der Waals surface area contributed by atoms with Crippen molar-refractivity contribution < 1.29 is 27.8 Å². The van der Waals surface area contributed by atoms with Crippen LogP contribution in [0, 0.1) is 0 Å². The van der Waals surface area contributed by atoms with Crippen molar-refractivity contribution in [2.24, 2.45) is 0 Å². The number of rotatable bonds is 4. The third-order valence-corrected chi connectivity index (χ3v) is 9.56. The first-order valence-electron chi connectivity index (χ1n) is 6.89. The molecule has 0 aliphatic carbocycles. The Hall–Kier alpha value is -0.953. The summed E-state index contributed by atoms with van der Waals surface area (Å²) in [6.45, 7) is 11.7. The Morgan fingerprint density at radius 3 is 2.29 bits per heavy atom. The van der Waals surface area contributed by atoms with Crippen LogP contribution in [0.3, 0.4) is 0 Å². The Morgan fingerprint density at radius 2 is 1.90 bits per heavy atom. The summed E-state index contributed by atoms with van der Waals surface area (Å²) in [5.41, 5.74) is -0.725. The Morgan fingerprint density at radius 1 is 1.38 bits per heavy atom. The molecule has 1 saturated heterocycles. The van der Waals surface area contributed by atoms with Crippen LogP contribution in [-0.4, -0.2) is 32.7 Å². The fraction of sp³-hybridized carbons (Fsp3) is 0.786. The van der Waals surface area contributed by atoms with Crippen LogP contribution >= 0.6 is 0 Å². The normalized spacial score (nSPS) is 28.0. The Bertz CT molecular complexity index is 456. The van der Waals surface area contributed by atoms with Gasteiger partial charge in [-0.3, -0.25) is 0 Å². The standard InChI is InChI=1S/C14H24F2O4Si/c1-9-14(5,20-12(17)19-9)18-8-10(15)11(16)21(6,7)13(2,3)4/h9H,8H2,1-7H3/b11-10-. The van der Waals surface area contributed by atoms with Gasteiger partial charge in [0.2, 0.25) is 0 Å². The summed E-state index contributed by atoms with van der Waals surface area (Å²) < 4.78 is 43.4. The van der Waals surface area contributed by atoms with E-state index in [0.29, 0.717) is 0 Å². The maximum Gasteiger partial charge on any atom is 0.511 e. The highest BCUT2D eigenvalue weighted by Crippen LogP contribution is 2.42. The highest BCUT2D eigenvalue weighted by atomic mass is 28.3. The maximum absolute atomic E-state index is 14.4. The third kappa shape index (κ3) is 3.63. The van der Waals surface area contributed by atoms with Crippen LogP contribution in [0.1, 0.15) is 34.6 Å². The van der Waals surface area contributed by atoms with Gasteiger partial charge < -0.3 is 14.2 Å². The van der Waals surface area contributed by atoms with Gasteiger partial charge in [0.05, 0.1) is 0 Å². The molecule has 0 bridgehead atoms. The van der Waals surface area contributed by atoms with E-state index in [0.717, 1.165) is 0 Å². The van der Waals surface area contributed by atoms with E-state index in [1.54, 1.807) is 20.0 Å². The lowest BCUT2D eigenvalue weighted by molar-refractivity contribution is -0.183. The third-order valence-electron chi connectivity index (χ3n) is 4.44. The molecule has 1 rings (SSSR count). The maximum atomic E-state index is 14.4. The predicted octanol–water partition coefficient (Wildman–Crippen LogP) is 4.47. The molecule has 122 valence electrons. The Kier molecular flexibility index (Phi) is 4.89. The smallest absolute Gasteiger partial charge is 0.424 e. The van der Waals surface area contributed by atoms with Crippen molar-refractivity contribution in [3.8, 4) is 0 Å². The summed E-state index contributed by atoms with van der Waals surface area (Å²) >= 11 is 0. The molecule has 0 radical (unpaired) electrons. The van der Waals surface area contributed by atoms with E-state index in [1.165, 1.54) is 6.92 Å². The Balaban J connectivity index is 2.84. The summed E-state index contributed by atoms with van der Waals surface area (Å²) in [7, 11) is -2.58. The Labute approximate surface area is 125 Å². The molecule has 21 heavy (non-hydrogen) atoms. The lowest BCUT2D eigenvalue weighted by Gasteiger charge is -2.35. The van der Waals surface area contributed by atoms with Gasteiger partial charge in [-0.15, -0.1) is 0 Å². The van der Waals surface area contributed by atoms with Crippen LogP contribution in [0.15, 0.2) is 11.3 Å². The van der Waals surface area contributed by atoms with Crippen molar-refractivity contribution in [3.63, 3.8) is 0 Å². The van der Waals surface area contributed by atoms with Crippen molar-refractivity contribution in [2.75, 3.05) is 6.61 Å². The van der Waals surface area contributed by atoms with E-state index in [9.17, 15) is 13.6 Å². The molecule has 2 atom stereocenters. The van der Waals surface area contributed by atoms with Crippen molar-refractivity contribution in [1.29, 1.82) is 0 Å². The molecule has 7 heteroatoms. The largest absolute Gasteiger partial charge is 0.511 e. The summed E-state index contributed by atoms with van der Waals surface area (Å²) in [5.74, 6) is -2.35. The van der Waals surface area contributed by atoms with Crippen LogP contribution in [0.2, 0.25) is 18.1 Å². The zero-order valence-corrected chi connectivity index (χ0v) is 14.7. The van der Waals surface area contributed by atoms with Gasteiger partial charge in [0, 0.05) is 6.92 Å². The van der Waals surface area contributed by atoms with Crippen molar-refractivity contribution in [2.45, 2.75) is 64.6 Å². The van der Waals surface area contributed by atoms with Crippen LogP contribution in [-0.2, 0) is 14.2 Å². The monoisotopic (exact) mass is 322 g/mol. The minimum absolute atomic E-state index is 0.325. The molecular formula is C14H24F2O4Si. The fourth-order valence-electron chi connectivity index (χ4n) is 1.61. The van der Waals surface area contributed by atoms with Gasteiger partial charge in [0.1, 0.15) is 20.1 Å². The molecule has 4 nitrogen and oxygen atoms in total. The van der Waals surface area contributed by atoms with Gasteiger partial charge in [-0.1, -0.05) is 33.9 Å². The molecule has 0 amide bonds. The predicted molar refractivity (Wildman–Crippen MR) is 77.8 cm³/mol. The average Bonchev–Trinajstić information content (AvgIpc) is 2.58. The number of carbonyl (C=O) groups is 1. The lowest BCUT2D eigenvalue weighted by atomic mass is 10.2. The first kappa shape index (κ1) is 18.1. The molecule has 0 saturated carbocycles. The second kappa shape index (κ2) is 5.68. The molecule has 1 aliphatic rings.